The summed E-state index contributed by atoms with van der Waals surface area (Å²) in [5, 5.41) is 4.66. The molecule has 0 radical (unpaired) electrons. The topological polar surface area (TPSA) is 0 Å². The van der Waals surface area contributed by atoms with Crippen LogP contribution in [-0.4, -0.2) is 6.16 Å². The average Bonchev–Trinajstić information content (AvgIpc) is 2.98. The van der Waals surface area contributed by atoms with Gasteiger partial charge in [-0.3, -0.25) is 0 Å². The van der Waals surface area contributed by atoms with E-state index in [1.807, 2.05) is 0 Å². The first-order valence-corrected chi connectivity index (χ1v) is 17.3. The second-order valence-electron chi connectivity index (χ2n) is 12.1. The molecule has 2 aliphatic carbocycles. The summed E-state index contributed by atoms with van der Waals surface area (Å²) in [7, 11) is -1.70. The summed E-state index contributed by atoms with van der Waals surface area (Å²) in [5.74, 6) is 3.87. The van der Waals surface area contributed by atoms with Crippen LogP contribution in [0.1, 0.15) is 84.0 Å². The van der Waals surface area contributed by atoms with E-state index in [0.29, 0.717) is 0 Å². The van der Waals surface area contributed by atoms with Crippen LogP contribution in [0, 0.1) is 23.7 Å². The SMILES string of the molecule is CCCCC[C@H]1CC[C@H]([C@H]2CC[C@H](C[P+](c3ccccc3)(c3ccccc3)c3ccccc3)CC2)CC1.[I-]. The first kappa shape index (κ1) is 29.8. The maximum Gasteiger partial charge on any atom is 0.112 e. The van der Waals surface area contributed by atoms with Gasteiger partial charge in [0.2, 0.25) is 0 Å². The van der Waals surface area contributed by atoms with Gasteiger partial charge in [-0.25, -0.2) is 0 Å². The van der Waals surface area contributed by atoms with E-state index in [0.717, 1.165) is 23.7 Å². The van der Waals surface area contributed by atoms with Gasteiger partial charge in [-0.05, 0) is 98.6 Å². The molecule has 0 amide bonds. The Bertz CT molecular complexity index is 938. The molecular formula is C36H48IP. The average molecular weight is 639 g/mol. The summed E-state index contributed by atoms with van der Waals surface area (Å²) in [4.78, 5) is 0. The summed E-state index contributed by atoms with van der Waals surface area (Å²) in [6.45, 7) is 2.33. The predicted molar refractivity (Wildman–Crippen MR) is 165 cm³/mol. The Kier molecular flexibility index (Phi) is 11.8. The lowest BCUT2D eigenvalue weighted by Gasteiger charge is -2.39. The predicted octanol–water partition coefficient (Wildman–Crippen LogP) is 6.18. The van der Waals surface area contributed by atoms with Crippen molar-refractivity contribution < 1.29 is 24.0 Å². The van der Waals surface area contributed by atoms with E-state index in [1.165, 1.54) is 83.2 Å². The number of halogens is 1. The van der Waals surface area contributed by atoms with Crippen LogP contribution in [0.3, 0.4) is 0 Å². The van der Waals surface area contributed by atoms with E-state index in [9.17, 15) is 0 Å². The maximum atomic E-state index is 2.42. The molecule has 204 valence electrons. The lowest BCUT2D eigenvalue weighted by molar-refractivity contribution is -0.00000755. The van der Waals surface area contributed by atoms with Crippen LogP contribution in [0.2, 0.25) is 0 Å². The smallest absolute Gasteiger partial charge is 0.112 e. The minimum absolute atomic E-state index is 0. The second-order valence-corrected chi connectivity index (χ2v) is 15.6. The van der Waals surface area contributed by atoms with Gasteiger partial charge in [0.25, 0.3) is 0 Å². The molecule has 3 aromatic rings. The van der Waals surface area contributed by atoms with Crippen LogP contribution in [0.4, 0.5) is 0 Å². The molecule has 0 bridgehead atoms. The third-order valence-electron chi connectivity index (χ3n) is 9.79. The molecule has 0 saturated heterocycles. The van der Waals surface area contributed by atoms with Gasteiger partial charge in [0.15, 0.2) is 0 Å². The molecule has 38 heavy (non-hydrogen) atoms. The van der Waals surface area contributed by atoms with Crippen molar-refractivity contribution in [1.29, 1.82) is 0 Å². The molecule has 0 heterocycles. The third-order valence-corrected chi connectivity index (χ3v) is 14.4. The maximum absolute atomic E-state index is 2.42. The van der Waals surface area contributed by atoms with Gasteiger partial charge in [0.05, 0.1) is 6.16 Å². The molecule has 0 aromatic heterocycles. The molecule has 0 aliphatic heterocycles. The number of hydrogen-bond donors (Lipinski definition) is 0. The standard InChI is InChI=1S/C36H48P.HI/c1-2-3-7-14-30-21-25-32(26-22-30)33-27-23-31(24-28-33)29-37(34-15-8-4-9-16-34,35-17-10-5-11-18-35)36-19-12-6-13-20-36;/h4-6,8-13,15-20,30-33H,2-3,7,14,21-29H2,1H3;1H/q+1;/p-1/t30-,31-,32-,33-;. The zero-order chi connectivity index (χ0) is 25.3. The highest BCUT2D eigenvalue weighted by atomic mass is 127. The van der Waals surface area contributed by atoms with Crippen LogP contribution in [0.15, 0.2) is 91.0 Å². The number of benzene rings is 3. The Morgan fingerprint density at radius 1 is 0.526 bits per heavy atom. The van der Waals surface area contributed by atoms with Crippen molar-refractivity contribution in [2.45, 2.75) is 84.0 Å². The summed E-state index contributed by atoms with van der Waals surface area (Å²) >= 11 is 0. The van der Waals surface area contributed by atoms with E-state index in [2.05, 4.69) is 97.9 Å². The van der Waals surface area contributed by atoms with Gasteiger partial charge in [-0.2, -0.15) is 0 Å². The van der Waals surface area contributed by atoms with Crippen LogP contribution >= 0.6 is 7.26 Å². The van der Waals surface area contributed by atoms with Gasteiger partial charge in [-0.1, -0.05) is 100 Å². The molecule has 0 nitrogen and oxygen atoms in total. The van der Waals surface area contributed by atoms with E-state index >= 15 is 0 Å². The Labute approximate surface area is 250 Å². The highest BCUT2D eigenvalue weighted by Crippen LogP contribution is 2.58. The molecule has 5 rings (SSSR count). The Morgan fingerprint density at radius 2 is 0.921 bits per heavy atom. The highest BCUT2D eigenvalue weighted by Gasteiger charge is 2.47. The molecule has 2 heteroatoms. The van der Waals surface area contributed by atoms with Crippen molar-refractivity contribution in [3.05, 3.63) is 91.0 Å². The Hall–Kier alpha value is -1.18. The minimum Gasteiger partial charge on any atom is -1.00 e. The van der Waals surface area contributed by atoms with Crippen molar-refractivity contribution in [3.63, 3.8) is 0 Å². The first-order valence-electron chi connectivity index (χ1n) is 15.3. The van der Waals surface area contributed by atoms with Crippen molar-refractivity contribution in [2.75, 3.05) is 6.16 Å². The van der Waals surface area contributed by atoms with Gasteiger partial charge in [0.1, 0.15) is 23.2 Å². The van der Waals surface area contributed by atoms with Crippen molar-refractivity contribution in [3.8, 4) is 0 Å². The molecule has 0 atom stereocenters. The first-order chi connectivity index (χ1) is 18.3. The Balaban J connectivity index is 0.00000336. The molecule has 2 saturated carbocycles. The lowest BCUT2D eigenvalue weighted by Crippen LogP contribution is -3.00. The van der Waals surface area contributed by atoms with E-state index in [4.69, 9.17) is 0 Å². The molecule has 0 unspecified atom stereocenters. The Morgan fingerprint density at radius 3 is 1.32 bits per heavy atom. The minimum atomic E-state index is -1.70. The number of rotatable bonds is 10. The fraction of sp³-hybridized carbons (Fsp3) is 0.500. The molecule has 2 aliphatic rings. The summed E-state index contributed by atoms with van der Waals surface area (Å²) in [5.41, 5.74) is 0. The van der Waals surface area contributed by atoms with Gasteiger partial charge >= 0.3 is 0 Å². The van der Waals surface area contributed by atoms with Crippen LogP contribution in [0.5, 0.6) is 0 Å². The fourth-order valence-corrected chi connectivity index (χ4v) is 12.4. The van der Waals surface area contributed by atoms with Gasteiger partial charge < -0.3 is 24.0 Å². The molecule has 0 N–H and O–H groups in total. The van der Waals surface area contributed by atoms with E-state index in [1.54, 1.807) is 15.9 Å². The normalized spacial score (nSPS) is 23.9. The summed E-state index contributed by atoms with van der Waals surface area (Å²) in [6.07, 6.45) is 18.9. The van der Waals surface area contributed by atoms with Crippen molar-refractivity contribution >= 4 is 23.2 Å². The molecule has 2 fully saturated rings. The second kappa shape index (κ2) is 15.0. The largest absolute Gasteiger partial charge is 1.00 e. The van der Waals surface area contributed by atoms with E-state index < -0.39 is 7.26 Å². The zero-order valence-corrected chi connectivity index (χ0v) is 26.5. The number of hydrogen-bond acceptors (Lipinski definition) is 0. The molecular weight excluding hydrogens is 590 g/mol. The van der Waals surface area contributed by atoms with Gasteiger partial charge in [-0.15, -0.1) is 0 Å². The monoisotopic (exact) mass is 638 g/mol. The van der Waals surface area contributed by atoms with Gasteiger partial charge in [0, 0.05) is 0 Å². The molecule has 0 spiro atoms. The number of unbranched alkanes of at least 4 members (excludes halogenated alkanes) is 2. The summed E-state index contributed by atoms with van der Waals surface area (Å²) in [6, 6.07) is 34.6. The van der Waals surface area contributed by atoms with Crippen molar-refractivity contribution in [1.82, 2.24) is 0 Å². The fourth-order valence-electron chi connectivity index (χ4n) is 7.67. The van der Waals surface area contributed by atoms with Crippen LogP contribution in [-0.2, 0) is 0 Å². The quantitative estimate of drug-likeness (QED) is 0.142. The highest BCUT2D eigenvalue weighted by molar-refractivity contribution is 7.95. The third kappa shape index (κ3) is 7.11. The van der Waals surface area contributed by atoms with Crippen LogP contribution < -0.4 is 39.9 Å². The molecule has 3 aromatic carbocycles. The summed E-state index contributed by atoms with van der Waals surface area (Å²) < 4.78 is 0. The zero-order valence-electron chi connectivity index (χ0n) is 23.5. The lowest BCUT2D eigenvalue weighted by atomic mass is 9.69. The van der Waals surface area contributed by atoms with E-state index in [-0.39, 0.29) is 24.0 Å². The van der Waals surface area contributed by atoms with Crippen LogP contribution in [0.25, 0.3) is 0 Å². The van der Waals surface area contributed by atoms with Crippen molar-refractivity contribution in [2.24, 2.45) is 23.7 Å².